The van der Waals surface area contributed by atoms with E-state index in [9.17, 15) is 0 Å². The molecule has 0 spiro atoms. The Labute approximate surface area is 102 Å². The molecule has 0 bridgehead atoms. The first-order chi connectivity index (χ1) is 6.48. The highest BCUT2D eigenvalue weighted by Gasteiger charge is 2.07. The maximum atomic E-state index is 5.31. The molecule has 0 aliphatic heterocycles. The Morgan fingerprint density at radius 3 is 1.31 bits per heavy atom. The van der Waals surface area contributed by atoms with Crippen LogP contribution in [0.2, 0.25) is 0 Å². The molecule has 6 N–H and O–H groups in total. The Bertz CT molecular complexity index is 180. The molecule has 0 heterocycles. The molecule has 4 heteroatoms. The van der Waals surface area contributed by atoms with Crippen molar-refractivity contribution in [3.63, 3.8) is 0 Å². The van der Waals surface area contributed by atoms with E-state index in [0.717, 1.165) is 6.54 Å². The van der Waals surface area contributed by atoms with Crippen molar-refractivity contribution in [3.05, 3.63) is 0 Å². The van der Waals surface area contributed by atoms with Crippen LogP contribution in [0, 0.1) is 10.8 Å². The van der Waals surface area contributed by atoms with Gasteiger partial charge in [0.2, 0.25) is 0 Å². The number of nitrogens with zero attached hydrogens (tertiary/aromatic N) is 1. The minimum Gasteiger partial charge on any atom is -0.370 e. The summed E-state index contributed by atoms with van der Waals surface area (Å²) in [6.07, 6.45) is 0. The van der Waals surface area contributed by atoms with Crippen LogP contribution in [0.4, 0.5) is 0 Å². The van der Waals surface area contributed by atoms with Crippen molar-refractivity contribution < 1.29 is 0 Å². The Morgan fingerprint density at radius 1 is 0.938 bits per heavy atom. The smallest absolute Gasteiger partial charge is 0.185 e. The second-order valence-electron chi connectivity index (χ2n) is 6.07. The second kappa shape index (κ2) is 8.39. The average Bonchev–Trinajstić information content (AvgIpc) is 2.00. The van der Waals surface area contributed by atoms with Gasteiger partial charge in [-0.15, -0.1) is 0 Å². The van der Waals surface area contributed by atoms with Crippen molar-refractivity contribution in [1.82, 2.24) is 0 Å². The van der Waals surface area contributed by atoms with Crippen molar-refractivity contribution in [2.45, 2.75) is 49.0 Å². The number of hydrogen-bond acceptors (Lipinski definition) is 2. The van der Waals surface area contributed by atoms with Crippen LogP contribution < -0.4 is 17.2 Å². The molecule has 0 aliphatic rings. The molecule has 0 amide bonds. The van der Waals surface area contributed by atoms with Crippen molar-refractivity contribution in [2.75, 3.05) is 13.1 Å². The zero-order valence-electron chi connectivity index (χ0n) is 11.1. The summed E-state index contributed by atoms with van der Waals surface area (Å²) in [4.78, 5) is 3.87. The number of guanidine groups is 1. The first-order valence-electron chi connectivity index (χ1n) is 5.23. The van der Waals surface area contributed by atoms with Crippen molar-refractivity contribution in [3.8, 4) is 0 Å². The summed E-state index contributed by atoms with van der Waals surface area (Å²) in [6, 6.07) is 0. The lowest BCUT2D eigenvalue weighted by molar-refractivity contribution is 0.428. The Morgan fingerprint density at radius 2 is 1.25 bits per heavy atom. The van der Waals surface area contributed by atoms with Gasteiger partial charge >= 0.3 is 0 Å². The topological polar surface area (TPSA) is 90.4 Å². The van der Waals surface area contributed by atoms with Gasteiger partial charge < -0.3 is 17.2 Å². The fourth-order valence-corrected chi connectivity index (χ4v) is 0.328. The van der Waals surface area contributed by atoms with E-state index in [1.165, 1.54) is 0 Å². The molecule has 0 fully saturated rings. The van der Waals surface area contributed by atoms with Gasteiger partial charge in [0, 0.05) is 6.54 Å². The van der Waals surface area contributed by atoms with Crippen molar-refractivity contribution >= 4 is 5.96 Å². The van der Waals surface area contributed by atoms with Crippen LogP contribution in [0.3, 0.4) is 0 Å². The highest BCUT2D eigenvalue weighted by Crippen LogP contribution is 2.11. The molecule has 4 nitrogen and oxygen atoms in total. The predicted octanol–water partition coefficient (Wildman–Crippen LogP) is 1.93. The highest BCUT2D eigenvalue weighted by atomic mass is 15.0. The number of hydrogen-bond donors (Lipinski definition) is 3. The molecule has 16 heavy (non-hydrogen) atoms. The van der Waals surface area contributed by atoms with Gasteiger partial charge in [0.1, 0.15) is 0 Å². The van der Waals surface area contributed by atoms with Gasteiger partial charge in [-0.05, 0) is 17.4 Å². The van der Waals surface area contributed by atoms with Gasteiger partial charge in [-0.3, -0.25) is 4.99 Å². The van der Waals surface area contributed by atoms with E-state index in [1.54, 1.807) is 0 Å². The van der Waals surface area contributed by atoms with Crippen molar-refractivity contribution in [1.29, 1.82) is 0 Å². The Balaban J connectivity index is -0.000000214. The van der Waals surface area contributed by atoms with Crippen LogP contribution in [0.25, 0.3) is 0 Å². The van der Waals surface area contributed by atoms with E-state index in [1.807, 2.05) is 0 Å². The fourth-order valence-electron chi connectivity index (χ4n) is 0.328. The van der Waals surface area contributed by atoms with E-state index < -0.39 is 0 Å². The maximum Gasteiger partial charge on any atom is 0.185 e. The third kappa shape index (κ3) is 29.2. The molecule has 0 saturated carbocycles. The predicted molar refractivity (Wildman–Crippen MR) is 75.4 cm³/mol. The van der Waals surface area contributed by atoms with E-state index in [-0.39, 0.29) is 18.8 Å². The first-order valence-corrected chi connectivity index (χ1v) is 5.23. The largest absolute Gasteiger partial charge is 0.370 e. The quantitative estimate of drug-likeness (QED) is 0.476. The van der Waals surface area contributed by atoms with Crippen LogP contribution in [0.15, 0.2) is 4.99 Å². The molecule has 0 aliphatic carbocycles. The lowest BCUT2D eigenvalue weighted by Crippen LogP contribution is -2.25. The minimum atomic E-state index is 0. The molecule has 0 radical (unpaired) electrons. The van der Waals surface area contributed by atoms with Gasteiger partial charge in [-0.1, -0.05) is 49.0 Å². The maximum absolute atomic E-state index is 5.31. The number of rotatable bonds is 1. The van der Waals surface area contributed by atoms with Crippen LogP contribution >= 0.6 is 0 Å². The molecule has 0 aromatic carbocycles. The highest BCUT2D eigenvalue weighted by molar-refractivity contribution is 5.75. The van der Waals surface area contributed by atoms with Gasteiger partial charge in [0.05, 0.1) is 0 Å². The molecule has 0 atom stereocenters. The van der Waals surface area contributed by atoms with Crippen molar-refractivity contribution in [2.24, 2.45) is 33.0 Å². The standard InChI is InChI=1S/C6H15N3.C5H13N.CH4/c1-6(2,3)4-9-5(7)8;1-5(2,3)4-6;/h4H2,1-3H3,(H4,7,8,9);4,6H2,1-3H3;1H4. The zero-order valence-corrected chi connectivity index (χ0v) is 11.1. The zero-order chi connectivity index (χ0) is 12.7. The monoisotopic (exact) mass is 232 g/mol. The molecular weight excluding hydrogens is 200 g/mol. The molecule has 0 aromatic heterocycles. The van der Waals surface area contributed by atoms with Crippen LogP contribution in [-0.4, -0.2) is 19.0 Å². The average molecular weight is 232 g/mol. The summed E-state index contributed by atoms with van der Waals surface area (Å²) in [5.74, 6) is 0.171. The van der Waals surface area contributed by atoms with E-state index in [2.05, 4.69) is 46.5 Å². The number of nitrogens with two attached hydrogens (primary N) is 3. The molecule has 100 valence electrons. The molecule has 0 unspecified atom stereocenters. The SMILES string of the molecule is C.CC(C)(C)CN.CC(C)(C)CN=C(N)N. The summed E-state index contributed by atoms with van der Waals surface area (Å²) >= 11 is 0. The molecule has 0 saturated heterocycles. The van der Waals surface area contributed by atoms with E-state index in [4.69, 9.17) is 17.2 Å². The summed E-state index contributed by atoms with van der Waals surface area (Å²) in [7, 11) is 0. The summed E-state index contributed by atoms with van der Waals surface area (Å²) in [5.41, 5.74) is 16.1. The lowest BCUT2D eigenvalue weighted by atomic mass is 9.97. The van der Waals surface area contributed by atoms with E-state index >= 15 is 0 Å². The summed E-state index contributed by atoms with van der Waals surface area (Å²) in [5, 5.41) is 0. The minimum absolute atomic E-state index is 0. The normalized spacial score (nSPS) is 10.7. The Hall–Kier alpha value is -0.770. The number of aliphatic imine (C=N–C) groups is 1. The molecular formula is C12H32N4. The van der Waals surface area contributed by atoms with Crippen LogP contribution in [-0.2, 0) is 0 Å². The second-order valence-corrected chi connectivity index (χ2v) is 6.07. The van der Waals surface area contributed by atoms with Gasteiger partial charge in [0.25, 0.3) is 0 Å². The molecule has 0 aromatic rings. The van der Waals surface area contributed by atoms with Gasteiger partial charge in [-0.25, -0.2) is 0 Å². The first kappa shape index (κ1) is 20.6. The third-order valence-electron chi connectivity index (χ3n) is 1.35. The van der Waals surface area contributed by atoms with Gasteiger partial charge in [-0.2, -0.15) is 0 Å². The summed E-state index contributed by atoms with van der Waals surface area (Å²) < 4.78 is 0. The third-order valence-corrected chi connectivity index (χ3v) is 1.35. The van der Waals surface area contributed by atoms with Crippen LogP contribution in [0.5, 0.6) is 0 Å². The van der Waals surface area contributed by atoms with Crippen LogP contribution in [0.1, 0.15) is 49.0 Å². The summed E-state index contributed by atoms with van der Waals surface area (Å²) in [6.45, 7) is 14.1. The lowest BCUT2D eigenvalue weighted by Gasteiger charge is -2.13. The molecule has 0 rings (SSSR count). The van der Waals surface area contributed by atoms with E-state index in [0.29, 0.717) is 12.0 Å². The van der Waals surface area contributed by atoms with Gasteiger partial charge in [0.15, 0.2) is 5.96 Å². The fraction of sp³-hybridized carbons (Fsp3) is 0.917. The Kier molecular flexibility index (Phi) is 10.8.